The van der Waals surface area contributed by atoms with Crippen molar-refractivity contribution in [1.29, 1.82) is 0 Å². The number of halogens is 2. The van der Waals surface area contributed by atoms with Gasteiger partial charge in [0.2, 0.25) is 0 Å². The van der Waals surface area contributed by atoms with Crippen LogP contribution in [0.3, 0.4) is 0 Å². The third-order valence-electron chi connectivity index (χ3n) is 4.35. The monoisotopic (exact) mass is 387 g/mol. The summed E-state index contributed by atoms with van der Waals surface area (Å²) in [4.78, 5) is 19.4. The van der Waals surface area contributed by atoms with Gasteiger partial charge in [0.15, 0.2) is 5.65 Å². The molecule has 0 saturated heterocycles. The van der Waals surface area contributed by atoms with Crippen LogP contribution in [0.15, 0.2) is 12.3 Å². The Kier molecular flexibility index (Phi) is 7.65. The maximum absolute atomic E-state index is 12.9. The van der Waals surface area contributed by atoms with Crippen LogP contribution < -0.4 is 5.32 Å². The van der Waals surface area contributed by atoms with E-state index >= 15 is 0 Å². The molecule has 1 aliphatic rings. The number of amides is 1. The maximum atomic E-state index is 12.9. The van der Waals surface area contributed by atoms with E-state index in [1.807, 2.05) is 24.8 Å². The minimum atomic E-state index is 0. The molecular formula is C17H27Cl2N5O. The summed E-state index contributed by atoms with van der Waals surface area (Å²) in [6.45, 7) is 5.62. The Morgan fingerprint density at radius 1 is 1.40 bits per heavy atom. The van der Waals surface area contributed by atoms with Gasteiger partial charge in [-0.1, -0.05) is 0 Å². The van der Waals surface area contributed by atoms with Crippen LogP contribution in [0.2, 0.25) is 0 Å². The molecule has 2 aromatic heterocycles. The molecule has 0 bridgehead atoms. The van der Waals surface area contributed by atoms with Crippen molar-refractivity contribution in [3.8, 4) is 0 Å². The number of rotatable bonds is 6. The second-order valence-electron chi connectivity index (χ2n) is 6.62. The first-order valence-electron chi connectivity index (χ1n) is 8.31. The van der Waals surface area contributed by atoms with Gasteiger partial charge < -0.3 is 10.2 Å². The van der Waals surface area contributed by atoms with Crippen molar-refractivity contribution in [3.05, 3.63) is 23.5 Å². The zero-order chi connectivity index (χ0) is 16.6. The molecule has 140 valence electrons. The number of fused-ring (bicyclic) bond motifs is 1. The first-order chi connectivity index (χ1) is 11.0. The molecule has 0 atom stereocenters. The third-order valence-corrected chi connectivity index (χ3v) is 4.35. The smallest absolute Gasteiger partial charge is 0.254 e. The van der Waals surface area contributed by atoms with Crippen LogP contribution in [-0.2, 0) is 0 Å². The number of hydrogen-bond acceptors (Lipinski definition) is 4. The Hall–Kier alpha value is -1.37. The van der Waals surface area contributed by atoms with Crippen molar-refractivity contribution in [3.63, 3.8) is 0 Å². The number of likely N-dealkylation sites (N-methyl/N-ethyl adjacent to an activating group) is 2. The van der Waals surface area contributed by atoms with Gasteiger partial charge in [0.25, 0.3) is 5.91 Å². The lowest BCUT2D eigenvalue weighted by molar-refractivity contribution is 0.0798. The van der Waals surface area contributed by atoms with E-state index in [2.05, 4.69) is 24.3 Å². The molecule has 2 heterocycles. The van der Waals surface area contributed by atoms with Gasteiger partial charge in [-0.3, -0.25) is 4.79 Å². The average molecular weight is 388 g/mol. The van der Waals surface area contributed by atoms with Crippen LogP contribution in [0.4, 0.5) is 0 Å². The summed E-state index contributed by atoms with van der Waals surface area (Å²) < 4.78 is 1.91. The largest absolute Gasteiger partial charge is 0.340 e. The van der Waals surface area contributed by atoms with Gasteiger partial charge in [0.05, 0.1) is 17.1 Å². The van der Waals surface area contributed by atoms with E-state index in [0.29, 0.717) is 12.5 Å². The highest BCUT2D eigenvalue weighted by Crippen LogP contribution is 2.40. The van der Waals surface area contributed by atoms with E-state index in [1.165, 1.54) is 0 Å². The van der Waals surface area contributed by atoms with Gasteiger partial charge in [-0.15, -0.1) is 24.8 Å². The van der Waals surface area contributed by atoms with E-state index in [0.717, 1.165) is 41.7 Å². The van der Waals surface area contributed by atoms with Crippen LogP contribution in [0.5, 0.6) is 0 Å². The molecule has 1 amide bonds. The van der Waals surface area contributed by atoms with Crippen molar-refractivity contribution in [1.82, 2.24) is 25.0 Å². The first kappa shape index (κ1) is 21.7. The Balaban J connectivity index is 0.00000156. The molecule has 0 aromatic carbocycles. The highest BCUT2D eigenvalue weighted by Gasteiger charge is 2.28. The zero-order valence-electron chi connectivity index (χ0n) is 15.2. The van der Waals surface area contributed by atoms with Crippen LogP contribution in [-0.4, -0.2) is 52.8 Å². The number of pyridine rings is 1. The van der Waals surface area contributed by atoms with E-state index in [1.54, 1.807) is 11.1 Å². The van der Waals surface area contributed by atoms with Crippen LogP contribution in [0.25, 0.3) is 11.0 Å². The number of hydrogen-bond donors (Lipinski definition) is 1. The molecule has 1 aliphatic carbocycles. The number of carbonyl (C=O) groups excluding carboxylic acids is 1. The summed E-state index contributed by atoms with van der Waals surface area (Å²) in [6.07, 6.45) is 4.10. The SMILES string of the molecule is CNCCN(C)C(=O)c1cc(C2CC2)nc2c1cnn2C(C)C.Cl.Cl. The Morgan fingerprint density at radius 2 is 2.08 bits per heavy atom. The van der Waals surface area contributed by atoms with E-state index in [9.17, 15) is 4.79 Å². The lowest BCUT2D eigenvalue weighted by Gasteiger charge is -2.18. The predicted octanol–water partition coefficient (Wildman–Crippen LogP) is 3.02. The van der Waals surface area contributed by atoms with Gasteiger partial charge in [-0.05, 0) is 39.8 Å². The Morgan fingerprint density at radius 3 is 2.64 bits per heavy atom. The summed E-state index contributed by atoms with van der Waals surface area (Å²) in [5.74, 6) is 0.543. The van der Waals surface area contributed by atoms with Gasteiger partial charge in [-0.25, -0.2) is 9.67 Å². The normalized spacial score (nSPS) is 13.5. The molecule has 1 N–H and O–H groups in total. The quantitative estimate of drug-likeness (QED) is 0.826. The predicted molar refractivity (Wildman–Crippen MR) is 105 cm³/mol. The van der Waals surface area contributed by atoms with Crippen molar-refractivity contribution < 1.29 is 4.79 Å². The molecule has 8 heteroatoms. The Bertz CT molecular complexity index is 727. The average Bonchev–Trinajstić information content (AvgIpc) is 3.29. The third kappa shape index (κ3) is 4.43. The fourth-order valence-corrected chi connectivity index (χ4v) is 2.77. The topological polar surface area (TPSA) is 63.1 Å². The minimum Gasteiger partial charge on any atom is -0.340 e. The van der Waals surface area contributed by atoms with Gasteiger partial charge >= 0.3 is 0 Å². The van der Waals surface area contributed by atoms with Crippen molar-refractivity contribution in [2.45, 2.75) is 38.6 Å². The van der Waals surface area contributed by atoms with E-state index in [4.69, 9.17) is 4.98 Å². The number of nitrogens with one attached hydrogen (secondary N) is 1. The van der Waals surface area contributed by atoms with Gasteiger partial charge in [0, 0.05) is 37.8 Å². The molecule has 25 heavy (non-hydrogen) atoms. The second kappa shape index (κ2) is 8.83. The van der Waals surface area contributed by atoms with E-state index < -0.39 is 0 Å². The summed E-state index contributed by atoms with van der Waals surface area (Å²) in [5, 5.41) is 8.38. The lowest BCUT2D eigenvalue weighted by atomic mass is 10.1. The molecule has 1 saturated carbocycles. The highest BCUT2D eigenvalue weighted by molar-refractivity contribution is 6.05. The summed E-state index contributed by atoms with van der Waals surface area (Å²) in [7, 11) is 3.73. The first-order valence-corrected chi connectivity index (χ1v) is 8.31. The summed E-state index contributed by atoms with van der Waals surface area (Å²) in [6, 6.07) is 2.20. The highest BCUT2D eigenvalue weighted by atomic mass is 35.5. The molecule has 0 aliphatic heterocycles. The molecule has 3 rings (SSSR count). The van der Waals surface area contributed by atoms with Crippen molar-refractivity contribution in [2.75, 3.05) is 27.2 Å². The number of carbonyl (C=O) groups is 1. The number of aromatic nitrogens is 3. The van der Waals surface area contributed by atoms with Crippen molar-refractivity contribution >= 4 is 41.8 Å². The molecule has 0 unspecified atom stereocenters. The molecule has 1 fully saturated rings. The zero-order valence-corrected chi connectivity index (χ0v) is 16.8. The molecule has 0 spiro atoms. The molecule has 2 aromatic rings. The summed E-state index contributed by atoms with van der Waals surface area (Å²) in [5.41, 5.74) is 2.59. The fraction of sp³-hybridized carbons (Fsp3) is 0.588. The van der Waals surface area contributed by atoms with Crippen molar-refractivity contribution in [2.24, 2.45) is 0 Å². The second-order valence-corrected chi connectivity index (χ2v) is 6.62. The van der Waals surface area contributed by atoms with E-state index in [-0.39, 0.29) is 36.8 Å². The Labute approximate surface area is 161 Å². The van der Waals surface area contributed by atoms with Crippen LogP contribution in [0, 0.1) is 0 Å². The lowest BCUT2D eigenvalue weighted by Crippen LogP contribution is -2.33. The standard InChI is InChI=1S/C17H25N5O.2ClH/c1-11(2)22-16-14(10-19-22)13(9-15(20-16)12-5-6-12)17(23)21(4)8-7-18-3;;/h9-12,18H,5-8H2,1-4H3;2*1H. The van der Waals surface area contributed by atoms with Gasteiger partial charge in [-0.2, -0.15) is 5.10 Å². The molecule has 0 radical (unpaired) electrons. The van der Waals surface area contributed by atoms with Gasteiger partial charge in [0.1, 0.15) is 0 Å². The maximum Gasteiger partial charge on any atom is 0.254 e. The minimum absolute atomic E-state index is 0. The van der Waals surface area contributed by atoms with Crippen LogP contribution in [0.1, 0.15) is 54.7 Å². The summed E-state index contributed by atoms with van der Waals surface area (Å²) >= 11 is 0. The van der Waals surface area contributed by atoms with Crippen LogP contribution >= 0.6 is 24.8 Å². The molecular weight excluding hydrogens is 361 g/mol. The molecule has 6 nitrogen and oxygen atoms in total. The fourth-order valence-electron chi connectivity index (χ4n) is 2.77. The number of nitrogens with zero attached hydrogens (tertiary/aromatic N) is 4.